The first-order valence-electron chi connectivity index (χ1n) is 10.6. The van der Waals surface area contributed by atoms with Crippen molar-refractivity contribution < 1.29 is 4.42 Å². The summed E-state index contributed by atoms with van der Waals surface area (Å²) in [7, 11) is 0. The van der Waals surface area contributed by atoms with Gasteiger partial charge in [0.15, 0.2) is 0 Å². The third-order valence-corrected chi connectivity index (χ3v) is 5.22. The van der Waals surface area contributed by atoms with Crippen molar-refractivity contribution in [1.82, 2.24) is 10.3 Å². The minimum atomic E-state index is 0. The van der Waals surface area contributed by atoms with E-state index in [1.807, 2.05) is 18.3 Å². The van der Waals surface area contributed by atoms with E-state index in [1.165, 1.54) is 27.6 Å². The summed E-state index contributed by atoms with van der Waals surface area (Å²) in [5, 5.41) is 8.14. The molecule has 4 nitrogen and oxygen atoms in total. The van der Waals surface area contributed by atoms with Gasteiger partial charge in [0.05, 0.1) is 18.3 Å². The van der Waals surface area contributed by atoms with Crippen molar-refractivity contribution in [3.63, 3.8) is 0 Å². The molecule has 162 valence electrons. The second-order valence-electron chi connectivity index (χ2n) is 7.92. The number of aromatic nitrogens is 1. The van der Waals surface area contributed by atoms with Crippen molar-refractivity contribution in [2.24, 2.45) is 0 Å². The molecule has 0 unspecified atom stereocenters. The molecule has 4 aromatic rings. The van der Waals surface area contributed by atoms with Crippen LogP contribution in [0.2, 0.25) is 0 Å². The normalized spacial score (nSPS) is 10.8. The zero-order chi connectivity index (χ0) is 20.8. The Bertz CT molecular complexity index is 1090. The Balaban J connectivity index is 0.00000272. The van der Waals surface area contributed by atoms with Crippen LogP contribution in [0.25, 0.3) is 10.9 Å². The van der Waals surface area contributed by atoms with Gasteiger partial charge in [0.1, 0.15) is 5.76 Å². The zero-order valence-electron chi connectivity index (χ0n) is 18.2. The molecule has 31 heavy (non-hydrogen) atoms. The fourth-order valence-electron chi connectivity index (χ4n) is 3.93. The fourth-order valence-corrected chi connectivity index (χ4v) is 3.93. The van der Waals surface area contributed by atoms with E-state index in [0.29, 0.717) is 0 Å². The lowest BCUT2D eigenvalue weighted by Crippen LogP contribution is -2.17. The Morgan fingerprint density at radius 2 is 1.74 bits per heavy atom. The first-order valence-corrected chi connectivity index (χ1v) is 10.6. The number of hydrogen-bond donors (Lipinski definition) is 2. The second kappa shape index (κ2) is 11.0. The number of fused-ring (bicyclic) bond motifs is 1. The molecule has 0 aliphatic rings. The molecule has 0 fully saturated rings. The van der Waals surface area contributed by atoms with Crippen molar-refractivity contribution in [3.05, 3.63) is 95.1 Å². The van der Waals surface area contributed by atoms with Crippen LogP contribution in [0, 0.1) is 13.8 Å². The molecule has 0 saturated heterocycles. The van der Waals surface area contributed by atoms with E-state index in [2.05, 4.69) is 71.9 Å². The Morgan fingerprint density at radius 1 is 0.903 bits per heavy atom. The van der Waals surface area contributed by atoms with Gasteiger partial charge in [-0.15, -0.1) is 12.4 Å². The highest BCUT2D eigenvalue weighted by atomic mass is 35.5. The van der Waals surface area contributed by atoms with E-state index < -0.39 is 0 Å². The average Bonchev–Trinajstić information content (AvgIpc) is 3.23. The monoisotopic (exact) mass is 435 g/mol. The number of nitrogens with one attached hydrogen (secondary N) is 2. The van der Waals surface area contributed by atoms with Gasteiger partial charge in [-0.05, 0) is 68.6 Å². The van der Waals surface area contributed by atoms with Gasteiger partial charge >= 0.3 is 0 Å². The standard InChI is InChI=1S/C26H29N3O.ClH/c1-19-13-20(2)15-22(14-19)16-21-6-7-24-25(8-11-29-26(24)17-21)28-10-4-9-27-18-23-5-3-12-30-23;/h3,5-8,11-15,17,27H,4,9-10,16,18H2,1-2H3,(H,28,29);1H. The van der Waals surface area contributed by atoms with Crippen LogP contribution in [0.1, 0.15) is 34.4 Å². The van der Waals surface area contributed by atoms with Crippen molar-refractivity contribution in [2.45, 2.75) is 33.2 Å². The van der Waals surface area contributed by atoms with Gasteiger partial charge in [-0.3, -0.25) is 4.98 Å². The topological polar surface area (TPSA) is 50.1 Å². The largest absolute Gasteiger partial charge is 0.468 e. The number of halogens is 1. The van der Waals surface area contributed by atoms with E-state index in [0.717, 1.165) is 49.4 Å². The molecule has 0 aliphatic carbocycles. The molecular formula is C26H30ClN3O. The molecule has 0 bridgehead atoms. The van der Waals surface area contributed by atoms with Gasteiger partial charge < -0.3 is 15.1 Å². The molecule has 0 spiro atoms. The highest BCUT2D eigenvalue weighted by Gasteiger charge is 2.05. The van der Waals surface area contributed by atoms with E-state index in [4.69, 9.17) is 4.42 Å². The zero-order valence-corrected chi connectivity index (χ0v) is 19.0. The van der Waals surface area contributed by atoms with Crippen molar-refractivity contribution in [3.8, 4) is 0 Å². The minimum Gasteiger partial charge on any atom is -0.468 e. The quantitative estimate of drug-likeness (QED) is 0.314. The van der Waals surface area contributed by atoms with Crippen LogP contribution in [0.3, 0.4) is 0 Å². The Morgan fingerprint density at radius 3 is 2.52 bits per heavy atom. The highest BCUT2D eigenvalue weighted by Crippen LogP contribution is 2.24. The lowest BCUT2D eigenvalue weighted by atomic mass is 9.99. The molecule has 2 aromatic heterocycles. The SMILES string of the molecule is Cc1cc(C)cc(Cc2ccc3c(NCCCNCc4ccco4)ccnc3c2)c1.Cl. The van der Waals surface area contributed by atoms with Crippen molar-refractivity contribution >= 4 is 29.0 Å². The number of benzene rings is 2. The van der Waals surface area contributed by atoms with Crippen LogP contribution in [0.5, 0.6) is 0 Å². The Kier molecular flexibility index (Phi) is 8.10. The van der Waals surface area contributed by atoms with Crippen LogP contribution in [-0.2, 0) is 13.0 Å². The van der Waals surface area contributed by atoms with E-state index in [-0.39, 0.29) is 12.4 Å². The third-order valence-electron chi connectivity index (χ3n) is 5.22. The molecule has 0 atom stereocenters. The third kappa shape index (κ3) is 6.33. The second-order valence-corrected chi connectivity index (χ2v) is 7.92. The molecule has 5 heteroatoms. The number of anilines is 1. The van der Waals surface area contributed by atoms with Crippen LogP contribution in [0.15, 0.2) is 71.5 Å². The van der Waals surface area contributed by atoms with Gasteiger partial charge in [-0.25, -0.2) is 0 Å². The van der Waals surface area contributed by atoms with E-state index in [1.54, 1.807) is 6.26 Å². The van der Waals surface area contributed by atoms with Crippen LogP contribution in [-0.4, -0.2) is 18.1 Å². The molecule has 0 radical (unpaired) electrons. The lowest BCUT2D eigenvalue weighted by Gasteiger charge is -2.11. The van der Waals surface area contributed by atoms with Crippen molar-refractivity contribution in [2.75, 3.05) is 18.4 Å². The molecule has 0 amide bonds. The molecule has 2 heterocycles. The van der Waals surface area contributed by atoms with Gasteiger partial charge in [0, 0.05) is 23.8 Å². The molecular weight excluding hydrogens is 406 g/mol. The number of pyridine rings is 1. The van der Waals surface area contributed by atoms with Crippen LogP contribution >= 0.6 is 12.4 Å². The first-order chi connectivity index (χ1) is 14.7. The van der Waals surface area contributed by atoms with Crippen LogP contribution in [0.4, 0.5) is 5.69 Å². The molecule has 4 rings (SSSR count). The maximum absolute atomic E-state index is 5.33. The van der Waals surface area contributed by atoms with Crippen molar-refractivity contribution in [1.29, 1.82) is 0 Å². The summed E-state index contributed by atoms with van der Waals surface area (Å²) in [5.74, 6) is 0.972. The summed E-state index contributed by atoms with van der Waals surface area (Å²) in [5.41, 5.74) is 7.45. The molecule has 2 N–H and O–H groups in total. The molecule has 0 saturated carbocycles. The molecule has 2 aromatic carbocycles. The van der Waals surface area contributed by atoms with Gasteiger partial charge in [-0.1, -0.05) is 41.5 Å². The number of aryl methyl sites for hydroxylation is 2. The minimum absolute atomic E-state index is 0. The molecule has 0 aliphatic heterocycles. The highest BCUT2D eigenvalue weighted by molar-refractivity contribution is 5.91. The summed E-state index contributed by atoms with van der Waals surface area (Å²) in [6, 6.07) is 19.3. The summed E-state index contributed by atoms with van der Waals surface area (Å²) < 4.78 is 5.33. The smallest absolute Gasteiger partial charge is 0.117 e. The predicted octanol–water partition coefficient (Wildman–Crippen LogP) is 6.05. The summed E-state index contributed by atoms with van der Waals surface area (Å²) >= 11 is 0. The number of furan rings is 1. The predicted molar refractivity (Wildman–Crippen MR) is 131 cm³/mol. The first kappa shape index (κ1) is 22.9. The number of hydrogen-bond acceptors (Lipinski definition) is 4. The van der Waals surface area contributed by atoms with Gasteiger partial charge in [0.2, 0.25) is 0 Å². The lowest BCUT2D eigenvalue weighted by molar-refractivity contribution is 0.482. The summed E-state index contributed by atoms with van der Waals surface area (Å²) in [6.07, 6.45) is 5.56. The number of rotatable bonds is 9. The maximum atomic E-state index is 5.33. The average molecular weight is 436 g/mol. The fraction of sp³-hybridized carbons (Fsp3) is 0.269. The van der Waals surface area contributed by atoms with E-state index >= 15 is 0 Å². The van der Waals surface area contributed by atoms with Gasteiger partial charge in [-0.2, -0.15) is 0 Å². The Hall–Kier alpha value is -2.82. The Labute approximate surface area is 190 Å². The summed E-state index contributed by atoms with van der Waals surface area (Å²) in [6.45, 7) is 6.94. The summed E-state index contributed by atoms with van der Waals surface area (Å²) in [4.78, 5) is 4.60. The van der Waals surface area contributed by atoms with Crippen LogP contribution < -0.4 is 10.6 Å². The van der Waals surface area contributed by atoms with E-state index in [9.17, 15) is 0 Å². The van der Waals surface area contributed by atoms with Gasteiger partial charge in [0.25, 0.3) is 0 Å². The number of nitrogens with zero attached hydrogens (tertiary/aromatic N) is 1. The maximum Gasteiger partial charge on any atom is 0.117 e.